The van der Waals surface area contributed by atoms with Crippen LogP contribution >= 0.6 is 0 Å². The topological polar surface area (TPSA) is 339 Å². The van der Waals surface area contributed by atoms with E-state index in [4.69, 9.17) is 32.8 Å². The summed E-state index contributed by atoms with van der Waals surface area (Å²) < 4.78 is 38.5. The summed E-state index contributed by atoms with van der Waals surface area (Å²) in [5.74, 6) is -0.310. The molecular weight excluding hydrogens is 1670 g/mol. The van der Waals surface area contributed by atoms with E-state index in [2.05, 4.69) is 77.7 Å². The summed E-state index contributed by atoms with van der Waals surface area (Å²) in [6.45, 7) is 34.4. The fourth-order valence-corrected chi connectivity index (χ4v) is 14.3. The Hall–Kier alpha value is -10.5. The third-order valence-corrected chi connectivity index (χ3v) is 22.4. The number of unbranched alkanes of at least 4 members (excludes halogenated alkanes) is 30. The van der Waals surface area contributed by atoms with Crippen LogP contribution in [0.5, 0.6) is 11.5 Å². The van der Waals surface area contributed by atoms with Crippen molar-refractivity contribution < 1.29 is 57.4 Å². The third kappa shape index (κ3) is 48.5. The van der Waals surface area contributed by atoms with Crippen LogP contribution in [0.2, 0.25) is 0 Å². The van der Waals surface area contributed by atoms with Crippen LogP contribution in [0.4, 0.5) is 68.2 Å². The van der Waals surface area contributed by atoms with Gasteiger partial charge in [-0.3, -0.25) is 29.8 Å². The second kappa shape index (κ2) is 69.4. The van der Waals surface area contributed by atoms with Gasteiger partial charge in [-0.15, -0.1) is 10.2 Å². The third-order valence-electron chi connectivity index (χ3n) is 22.4. The minimum absolute atomic E-state index is 0. The van der Waals surface area contributed by atoms with Crippen molar-refractivity contribution in [3.63, 3.8) is 0 Å². The molecular formula is C102H151AlBN13O14. The molecule has 6 aromatic carbocycles. The summed E-state index contributed by atoms with van der Waals surface area (Å²) in [6.07, 6.45) is 43.4. The number of benzene rings is 6. The molecule has 0 aliphatic carbocycles. The number of nitrogens with zero attached hydrogens (tertiary/aromatic N) is 12. The molecule has 1 unspecified atom stereocenters. The maximum absolute atomic E-state index is 13.4. The van der Waals surface area contributed by atoms with Gasteiger partial charge in [0.25, 0.3) is 11.4 Å². The molecule has 29 heteroatoms. The van der Waals surface area contributed by atoms with Gasteiger partial charge in [-0.25, -0.2) is 9.59 Å². The van der Waals surface area contributed by atoms with Crippen molar-refractivity contribution in [1.82, 2.24) is 0 Å². The molecule has 131 heavy (non-hydrogen) atoms. The first kappa shape index (κ1) is 117. The molecule has 0 aliphatic heterocycles. The molecule has 0 saturated heterocycles. The zero-order chi connectivity index (χ0) is 95.8. The summed E-state index contributed by atoms with van der Waals surface area (Å²) in [6, 6.07) is 33.9. The first-order chi connectivity index (χ1) is 62.7. The number of methoxy groups -OCH3 is 2. The first-order valence-corrected chi connectivity index (χ1v) is 47.8. The fraction of sp³-hybridized carbons (Fsp3) is 0.569. The molecule has 1 N–H and O–H groups in total. The van der Waals surface area contributed by atoms with E-state index in [0.717, 1.165) is 48.3 Å². The fourth-order valence-electron chi connectivity index (χ4n) is 14.3. The van der Waals surface area contributed by atoms with Crippen molar-refractivity contribution in [3.05, 3.63) is 177 Å². The van der Waals surface area contributed by atoms with Crippen LogP contribution in [-0.4, -0.2) is 125 Å². The summed E-state index contributed by atoms with van der Waals surface area (Å²) >= 11 is 1.67. The first-order valence-electron chi connectivity index (χ1n) is 47.2. The Balaban J connectivity index is 0.000000741. The van der Waals surface area contributed by atoms with Gasteiger partial charge < -0.3 is 38.2 Å². The molecule has 0 amide bonds. The van der Waals surface area contributed by atoms with Crippen molar-refractivity contribution in [1.29, 1.82) is 4.35 Å². The molecule has 6 aromatic rings. The van der Waals surface area contributed by atoms with E-state index in [1.807, 2.05) is 104 Å². The van der Waals surface area contributed by atoms with Crippen molar-refractivity contribution in [2.45, 2.75) is 301 Å². The second-order valence-corrected chi connectivity index (χ2v) is 33.8. The number of ether oxygens (including phenoxy) is 6. The van der Waals surface area contributed by atoms with Gasteiger partial charge in [-0.2, -0.15) is 30.7 Å². The number of non-ortho nitro benzene ring substituents is 2. The van der Waals surface area contributed by atoms with Crippen molar-refractivity contribution in [3.8, 4) is 11.5 Å². The zero-order valence-electron chi connectivity index (χ0n) is 81.4. The van der Waals surface area contributed by atoms with E-state index in [1.165, 1.54) is 249 Å². The number of azo groups is 4. The number of hydrogen-bond acceptors (Lipinski definition) is 25. The van der Waals surface area contributed by atoms with Crippen LogP contribution in [0.3, 0.4) is 0 Å². The van der Waals surface area contributed by atoms with E-state index >= 15 is 0 Å². The number of rotatable bonds is 63. The summed E-state index contributed by atoms with van der Waals surface area (Å²) in [7, 11) is 3.05. The van der Waals surface area contributed by atoms with Gasteiger partial charge in [0, 0.05) is 80.4 Å². The summed E-state index contributed by atoms with van der Waals surface area (Å²) in [4.78, 5) is 74.5. The predicted molar refractivity (Wildman–Crippen MR) is 531 cm³/mol. The van der Waals surface area contributed by atoms with Crippen molar-refractivity contribution in [2.24, 2.45) is 51.7 Å². The molecule has 1 atom stereocenters. The van der Waals surface area contributed by atoms with Crippen molar-refractivity contribution in [2.75, 3.05) is 76.6 Å². The summed E-state index contributed by atoms with van der Waals surface area (Å²) in [5.41, 5.74) is 7.17. The molecule has 4 radical (unpaired) electrons. The molecule has 0 bridgehead atoms. The molecule has 27 nitrogen and oxygen atoms in total. The standard InChI is InChI=1S/C52H78N6O7.C28H30N6O5.C22H42O2.Al.B.HN/c1-9-12-13-14-15-16-17-18-19-20-21-22-23-24-25-26-36-64-50(60)52(7,10-2)40-51(5,6)49(59)65-37-35-57(11-3)44-31-27-42(28-32-44)53-55-46-39-48(63-8)47(38-41(46)4)56-54-43-29-33-45(34-30-43)58(61)62;1-6-33(15-16-39-28(35)19(2)3)23-11-7-21(8-12-23)29-31-25-18-27(38-5)26(17-20(25)4)32-30-22-9-13-24(14-10-22)34(36)37;1-4-5-6-7-8-9-10-11-12-13-14-15-16-17-18-19-20-24-22(23)21(2)3;;;/h27-34,38-39H,9-26,35-37,40H2,1-8H3;7-14,17-18H,2,6,15-16H2,1,3-5H3;2,4-20H2,1,3H3;;;1H. The number of nitro groups is 2. The Morgan fingerprint density at radius 1 is 0.389 bits per heavy atom. The summed E-state index contributed by atoms with van der Waals surface area (Å²) in [5, 5.41) is 56.2. The molecule has 0 heterocycles. The Bertz CT molecular complexity index is 4420. The van der Waals surface area contributed by atoms with E-state index in [9.17, 15) is 39.4 Å². The number of likely N-dealkylation sites (N-methyl/N-ethyl adjacent to an activating group) is 2. The molecule has 0 saturated carbocycles. The van der Waals surface area contributed by atoms with Gasteiger partial charge in [0.1, 0.15) is 36.1 Å². The maximum atomic E-state index is 13.4. The van der Waals surface area contributed by atoms with Crippen LogP contribution in [-0.2, 0) is 38.1 Å². The molecule has 0 fully saturated rings. The SMILES string of the molecule is C=C(C)C(=O)OCCCCCCCCCCCCCCCCCC.C=C(C)C(=O)OCCN(CC)c1ccc(N=Nc2cc(OC)c(N=Nc3ccc([N+](=O)[O-])cc3)cc2C)cc1.CCCCCCCCCCCCCCCCCCOC(=O)C(C)(CC)CC(C)(C)C(=O)OCCN(CC)c1ccc(N=Nc2cc(OC)c(N=Nc3ccc([N+](=O)[O-])cc3)cc2C)cc1.[B].[NH]=[Al]. The van der Waals surface area contributed by atoms with Crippen LogP contribution in [0.1, 0.15) is 299 Å². The van der Waals surface area contributed by atoms with E-state index in [0.29, 0.717) is 114 Å². The normalized spacial score (nSPS) is 11.6. The van der Waals surface area contributed by atoms with Gasteiger partial charge in [-0.1, -0.05) is 227 Å². The Morgan fingerprint density at radius 2 is 0.656 bits per heavy atom. The number of hydrogen-bond donors (Lipinski definition) is 1. The number of anilines is 2. The van der Waals surface area contributed by atoms with Crippen LogP contribution in [0.25, 0.3) is 0 Å². The number of nitro benzene ring substituents is 2. The van der Waals surface area contributed by atoms with E-state index in [-0.39, 0.29) is 50.9 Å². The quantitative estimate of drug-likeness (QED) is 0.00542. The Labute approximate surface area is 792 Å². The van der Waals surface area contributed by atoms with E-state index < -0.39 is 26.6 Å². The number of carbonyl (C=O) groups excluding carboxylic acids is 4. The second-order valence-electron chi connectivity index (χ2n) is 33.8. The molecule has 0 aromatic heterocycles. The number of esters is 4. The monoisotopic (exact) mass is 1820 g/mol. The van der Waals surface area contributed by atoms with E-state index in [1.54, 1.807) is 54.2 Å². The Kier molecular flexibility index (Phi) is 61.7. The van der Waals surface area contributed by atoms with Gasteiger partial charge in [0.05, 0.1) is 95.3 Å². The van der Waals surface area contributed by atoms with Gasteiger partial charge >= 0.3 is 44.3 Å². The Morgan fingerprint density at radius 3 is 0.939 bits per heavy atom. The molecule has 6 rings (SSSR count). The van der Waals surface area contributed by atoms with Crippen molar-refractivity contribution >= 4 is 117 Å². The molecule has 714 valence electrons. The van der Waals surface area contributed by atoms with Crippen LogP contribution < -0.4 is 19.3 Å². The predicted octanol–water partition coefficient (Wildman–Crippen LogP) is 30.3. The molecule has 0 aliphatic rings. The van der Waals surface area contributed by atoms with Crippen LogP contribution in [0.15, 0.2) is 187 Å². The average molecular weight is 1820 g/mol. The van der Waals surface area contributed by atoms with Gasteiger partial charge in [0.2, 0.25) is 0 Å². The minimum atomic E-state index is -0.871. The average Bonchev–Trinajstić information content (AvgIpc) is 0.828. The number of carbonyl (C=O) groups is 4. The zero-order valence-corrected chi connectivity index (χ0v) is 82.6. The number of nitrogens with one attached hydrogen (secondary N) is 1. The van der Waals surface area contributed by atoms with Gasteiger partial charge in [0.15, 0.2) is 0 Å². The van der Waals surface area contributed by atoms with Gasteiger partial charge in [-0.05, 0) is 184 Å². The molecule has 0 spiro atoms. The van der Waals surface area contributed by atoms with Crippen LogP contribution in [0, 0.1) is 49.3 Å². The number of aryl methyl sites for hydroxylation is 2.